The minimum atomic E-state index is 0.0678. The molecule has 0 saturated carbocycles. The highest BCUT2D eigenvalue weighted by atomic mass is 16.5. The summed E-state index contributed by atoms with van der Waals surface area (Å²) >= 11 is 0. The lowest BCUT2D eigenvalue weighted by Gasteiger charge is -2.20. The van der Waals surface area contributed by atoms with Crippen molar-refractivity contribution in [3.8, 4) is 5.75 Å². The standard InChI is InChI=1S/C17H27NO2/c1-13(2)10-18-11-17(12-19-3)20-16-8-7-14-5-4-6-15(14)9-16/h7-9,13,17-18H,4-6,10-12H2,1-3H3. The van der Waals surface area contributed by atoms with Gasteiger partial charge in [-0.1, -0.05) is 19.9 Å². The Morgan fingerprint density at radius 3 is 2.70 bits per heavy atom. The smallest absolute Gasteiger partial charge is 0.134 e. The molecule has 0 aliphatic heterocycles. The molecule has 1 unspecified atom stereocenters. The van der Waals surface area contributed by atoms with Gasteiger partial charge in [0.15, 0.2) is 0 Å². The second-order valence-electron chi connectivity index (χ2n) is 6.03. The van der Waals surface area contributed by atoms with E-state index in [1.807, 2.05) is 0 Å². The summed E-state index contributed by atoms with van der Waals surface area (Å²) in [4.78, 5) is 0. The molecule has 0 fully saturated rings. The number of hydrogen-bond acceptors (Lipinski definition) is 3. The summed E-state index contributed by atoms with van der Waals surface area (Å²) in [6, 6.07) is 6.51. The molecule has 112 valence electrons. The lowest BCUT2D eigenvalue weighted by Crippen LogP contribution is -2.36. The Bertz CT molecular complexity index is 417. The SMILES string of the molecule is COCC(CNCC(C)C)Oc1ccc2c(c1)CCC2. The van der Waals surface area contributed by atoms with Gasteiger partial charge in [0.05, 0.1) is 6.61 Å². The molecule has 0 saturated heterocycles. The highest BCUT2D eigenvalue weighted by Gasteiger charge is 2.14. The molecule has 20 heavy (non-hydrogen) atoms. The van der Waals surface area contributed by atoms with Crippen LogP contribution in [0.25, 0.3) is 0 Å². The molecule has 0 radical (unpaired) electrons. The Morgan fingerprint density at radius 1 is 1.15 bits per heavy atom. The Labute approximate surface area is 122 Å². The second-order valence-corrected chi connectivity index (χ2v) is 6.03. The van der Waals surface area contributed by atoms with E-state index in [2.05, 4.69) is 37.4 Å². The monoisotopic (exact) mass is 277 g/mol. The third kappa shape index (κ3) is 4.50. The number of ether oxygens (including phenoxy) is 2. The molecule has 1 aliphatic rings. The fourth-order valence-electron chi connectivity index (χ4n) is 2.67. The zero-order valence-corrected chi connectivity index (χ0v) is 12.9. The largest absolute Gasteiger partial charge is 0.487 e. The van der Waals surface area contributed by atoms with Gasteiger partial charge in [-0.3, -0.25) is 0 Å². The van der Waals surface area contributed by atoms with E-state index >= 15 is 0 Å². The Balaban J connectivity index is 1.89. The molecule has 0 aromatic heterocycles. The van der Waals surface area contributed by atoms with Crippen molar-refractivity contribution in [2.75, 3.05) is 26.8 Å². The molecule has 0 heterocycles. The molecule has 1 aromatic rings. The maximum absolute atomic E-state index is 6.07. The molecule has 3 heteroatoms. The van der Waals surface area contributed by atoms with Crippen LogP contribution >= 0.6 is 0 Å². The second kappa shape index (κ2) is 7.65. The molecular formula is C17H27NO2. The summed E-state index contributed by atoms with van der Waals surface area (Å²) < 4.78 is 11.3. The van der Waals surface area contributed by atoms with Crippen molar-refractivity contribution in [2.24, 2.45) is 5.92 Å². The molecular weight excluding hydrogens is 250 g/mol. The fourth-order valence-corrected chi connectivity index (χ4v) is 2.67. The van der Waals surface area contributed by atoms with Gasteiger partial charge in [-0.2, -0.15) is 0 Å². The molecule has 2 rings (SSSR count). The van der Waals surface area contributed by atoms with Gasteiger partial charge in [0.25, 0.3) is 0 Å². The Morgan fingerprint density at radius 2 is 1.95 bits per heavy atom. The molecule has 1 N–H and O–H groups in total. The van der Waals surface area contributed by atoms with Crippen molar-refractivity contribution in [3.63, 3.8) is 0 Å². The highest BCUT2D eigenvalue weighted by Crippen LogP contribution is 2.26. The van der Waals surface area contributed by atoms with E-state index in [4.69, 9.17) is 9.47 Å². The van der Waals surface area contributed by atoms with E-state index in [1.165, 1.54) is 30.4 Å². The summed E-state index contributed by atoms with van der Waals surface area (Å²) in [5.74, 6) is 1.62. The van der Waals surface area contributed by atoms with E-state index in [1.54, 1.807) is 7.11 Å². The quantitative estimate of drug-likeness (QED) is 0.792. The van der Waals surface area contributed by atoms with Crippen molar-refractivity contribution >= 4 is 0 Å². The van der Waals surface area contributed by atoms with E-state index < -0.39 is 0 Å². The van der Waals surface area contributed by atoms with Gasteiger partial charge < -0.3 is 14.8 Å². The highest BCUT2D eigenvalue weighted by molar-refractivity contribution is 5.38. The van der Waals surface area contributed by atoms with Crippen LogP contribution in [-0.4, -0.2) is 32.9 Å². The average Bonchev–Trinajstić information content (AvgIpc) is 2.86. The number of rotatable bonds is 8. The summed E-state index contributed by atoms with van der Waals surface area (Å²) in [5, 5.41) is 3.44. The predicted octanol–water partition coefficient (Wildman–Crippen LogP) is 2.81. The average molecular weight is 277 g/mol. The first-order chi connectivity index (χ1) is 9.69. The Hall–Kier alpha value is -1.06. The number of benzene rings is 1. The third-order valence-corrected chi connectivity index (χ3v) is 3.65. The van der Waals surface area contributed by atoms with Crippen molar-refractivity contribution < 1.29 is 9.47 Å². The van der Waals surface area contributed by atoms with Crippen LogP contribution in [0.3, 0.4) is 0 Å². The van der Waals surface area contributed by atoms with Crippen molar-refractivity contribution in [3.05, 3.63) is 29.3 Å². The van der Waals surface area contributed by atoms with Crippen LogP contribution in [0.15, 0.2) is 18.2 Å². The number of fused-ring (bicyclic) bond motifs is 1. The molecule has 0 bridgehead atoms. The molecule has 1 aliphatic carbocycles. The van der Waals surface area contributed by atoms with Gasteiger partial charge in [-0.05, 0) is 55.0 Å². The number of aryl methyl sites for hydroxylation is 2. The van der Waals surface area contributed by atoms with Gasteiger partial charge in [-0.25, -0.2) is 0 Å². The van der Waals surface area contributed by atoms with Gasteiger partial charge in [0, 0.05) is 13.7 Å². The minimum absolute atomic E-state index is 0.0678. The van der Waals surface area contributed by atoms with E-state index in [-0.39, 0.29) is 6.10 Å². The van der Waals surface area contributed by atoms with Crippen LogP contribution in [0.5, 0.6) is 5.75 Å². The molecule has 0 spiro atoms. The lowest BCUT2D eigenvalue weighted by atomic mass is 10.1. The van der Waals surface area contributed by atoms with Crippen molar-refractivity contribution in [1.82, 2.24) is 5.32 Å². The first-order valence-corrected chi connectivity index (χ1v) is 7.67. The van der Waals surface area contributed by atoms with Crippen LogP contribution in [0.1, 0.15) is 31.4 Å². The number of methoxy groups -OCH3 is 1. The maximum atomic E-state index is 6.07. The van der Waals surface area contributed by atoms with E-state index in [0.29, 0.717) is 12.5 Å². The number of hydrogen-bond donors (Lipinski definition) is 1. The molecule has 3 nitrogen and oxygen atoms in total. The van der Waals surface area contributed by atoms with Crippen molar-refractivity contribution in [1.29, 1.82) is 0 Å². The first kappa shape index (κ1) is 15.3. The van der Waals surface area contributed by atoms with Gasteiger partial charge in [-0.15, -0.1) is 0 Å². The zero-order chi connectivity index (χ0) is 14.4. The summed E-state index contributed by atoms with van der Waals surface area (Å²) in [5.41, 5.74) is 2.94. The summed E-state index contributed by atoms with van der Waals surface area (Å²) in [6.07, 6.45) is 3.74. The summed E-state index contributed by atoms with van der Waals surface area (Å²) in [6.45, 7) is 6.86. The van der Waals surface area contributed by atoms with Crippen LogP contribution in [-0.2, 0) is 17.6 Å². The van der Waals surface area contributed by atoms with Crippen LogP contribution in [0, 0.1) is 5.92 Å². The van der Waals surface area contributed by atoms with E-state index in [0.717, 1.165) is 18.8 Å². The van der Waals surface area contributed by atoms with Gasteiger partial charge in [0.2, 0.25) is 0 Å². The third-order valence-electron chi connectivity index (χ3n) is 3.65. The lowest BCUT2D eigenvalue weighted by molar-refractivity contribution is 0.0802. The van der Waals surface area contributed by atoms with Crippen molar-refractivity contribution in [2.45, 2.75) is 39.2 Å². The Kier molecular flexibility index (Phi) is 5.86. The maximum Gasteiger partial charge on any atom is 0.134 e. The number of nitrogens with one attached hydrogen (secondary N) is 1. The first-order valence-electron chi connectivity index (χ1n) is 7.67. The molecule has 0 amide bonds. The zero-order valence-electron chi connectivity index (χ0n) is 12.9. The van der Waals surface area contributed by atoms with Gasteiger partial charge >= 0.3 is 0 Å². The fraction of sp³-hybridized carbons (Fsp3) is 0.647. The van der Waals surface area contributed by atoms with Crippen LogP contribution in [0.4, 0.5) is 0 Å². The summed E-state index contributed by atoms with van der Waals surface area (Å²) in [7, 11) is 1.72. The minimum Gasteiger partial charge on any atom is -0.487 e. The normalized spacial score (nSPS) is 15.4. The topological polar surface area (TPSA) is 30.5 Å². The van der Waals surface area contributed by atoms with Crippen LogP contribution in [0.2, 0.25) is 0 Å². The van der Waals surface area contributed by atoms with E-state index in [9.17, 15) is 0 Å². The molecule has 1 atom stereocenters. The van der Waals surface area contributed by atoms with Crippen LogP contribution < -0.4 is 10.1 Å². The van der Waals surface area contributed by atoms with Gasteiger partial charge in [0.1, 0.15) is 11.9 Å². The molecule has 1 aromatic carbocycles. The predicted molar refractivity (Wildman–Crippen MR) is 82.5 cm³/mol.